The molecular weight excluding hydrogens is 308 g/mol. The van der Waals surface area contributed by atoms with E-state index in [4.69, 9.17) is 0 Å². The molecule has 2 heterocycles. The second kappa shape index (κ2) is 5.20. The first-order valence-corrected chi connectivity index (χ1v) is 7.11. The van der Waals surface area contributed by atoms with Gasteiger partial charge in [-0.15, -0.1) is 10.2 Å². The third kappa shape index (κ3) is 2.99. The number of halogens is 1. The first kappa shape index (κ1) is 11.9. The van der Waals surface area contributed by atoms with Gasteiger partial charge < -0.3 is 0 Å². The summed E-state index contributed by atoms with van der Waals surface area (Å²) in [7, 11) is 0. The van der Waals surface area contributed by atoms with E-state index in [1.807, 2.05) is 19.9 Å². The van der Waals surface area contributed by atoms with Gasteiger partial charge in [0, 0.05) is 12.5 Å². The van der Waals surface area contributed by atoms with Crippen LogP contribution in [0.2, 0.25) is 0 Å². The van der Waals surface area contributed by atoms with Crippen LogP contribution >= 0.6 is 39.0 Å². The highest BCUT2D eigenvalue weighted by Gasteiger charge is 2.07. The molecule has 2 aromatic rings. The van der Waals surface area contributed by atoms with Crippen LogP contribution in [0.1, 0.15) is 17.8 Å². The maximum Gasteiger partial charge on any atom is 0.180 e. The molecule has 0 unspecified atom stereocenters. The van der Waals surface area contributed by atoms with Gasteiger partial charge in [0.2, 0.25) is 0 Å². The Labute approximate surface area is 110 Å². The Hall–Kier alpha value is -0.530. The molecule has 0 saturated carbocycles. The third-order valence-corrected chi connectivity index (χ3v) is 3.95. The predicted octanol–water partition coefficient (Wildman–Crippen LogP) is 3.11. The quantitative estimate of drug-likeness (QED) is 0.814. The largest absolute Gasteiger partial charge is 0.226 e. The van der Waals surface area contributed by atoms with Crippen molar-refractivity contribution < 1.29 is 0 Å². The molecule has 0 aliphatic carbocycles. The first-order chi connectivity index (χ1) is 7.67. The predicted molar refractivity (Wildman–Crippen MR) is 67.9 cm³/mol. The van der Waals surface area contributed by atoms with Gasteiger partial charge in [-0.2, -0.15) is 0 Å². The number of nitrogens with zero attached hydrogens (tertiary/aromatic N) is 4. The van der Waals surface area contributed by atoms with Crippen LogP contribution in [0.15, 0.2) is 20.0 Å². The van der Waals surface area contributed by atoms with Gasteiger partial charge in [-0.25, -0.2) is 9.97 Å². The standard InChI is InChI=1S/C9H9BrN4S2/c1-3-7-11-6(10)4-8(12-7)16-9-14-13-5(2)15-9/h4H,3H2,1-2H3. The van der Waals surface area contributed by atoms with Crippen LogP contribution in [0.5, 0.6) is 0 Å². The Kier molecular flexibility index (Phi) is 3.88. The zero-order valence-electron chi connectivity index (χ0n) is 8.77. The average molecular weight is 317 g/mol. The second-order valence-electron chi connectivity index (χ2n) is 2.99. The van der Waals surface area contributed by atoms with Gasteiger partial charge in [-0.05, 0) is 34.6 Å². The number of hydrogen-bond donors (Lipinski definition) is 0. The van der Waals surface area contributed by atoms with Crippen LogP contribution in [0, 0.1) is 6.92 Å². The molecule has 16 heavy (non-hydrogen) atoms. The van der Waals surface area contributed by atoms with Gasteiger partial charge in [-0.3, -0.25) is 0 Å². The summed E-state index contributed by atoms with van der Waals surface area (Å²) >= 11 is 6.46. The van der Waals surface area contributed by atoms with E-state index in [9.17, 15) is 0 Å². The minimum absolute atomic E-state index is 0.808. The Balaban J connectivity index is 2.24. The van der Waals surface area contributed by atoms with E-state index in [0.29, 0.717) is 0 Å². The Morgan fingerprint density at radius 1 is 1.38 bits per heavy atom. The summed E-state index contributed by atoms with van der Waals surface area (Å²) < 4.78 is 1.72. The van der Waals surface area contributed by atoms with Crippen LogP contribution in [0.4, 0.5) is 0 Å². The molecule has 0 amide bonds. The minimum Gasteiger partial charge on any atom is -0.226 e. The van der Waals surface area contributed by atoms with Crippen molar-refractivity contribution in [2.45, 2.75) is 29.6 Å². The lowest BCUT2D eigenvalue weighted by atomic mass is 10.4. The molecular formula is C9H9BrN4S2. The number of aromatic nitrogens is 4. The van der Waals surface area contributed by atoms with Gasteiger partial charge in [0.25, 0.3) is 0 Å². The van der Waals surface area contributed by atoms with Crippen molar-refractivity contribution in [1.82, 2.24) is 20.2 Å². The van der Waals surface area contributed by atoms with Crippen LogP contribution in [-0.4, -0.2) is 20.2 Å². The van der Waals surface area contributed by atoms with Crippen LogP contribution in [0.3, 0.4) is 0 Å². The summed E-state index contributed by atoms with van der Waals surface area (Å²) in [5, 5.41) is 9.88. The van der Waals surface area contributed by atoms with Crippen LogP contribution in [-0.2, 0) is 6.42 Å². The summed E-state index contributed by atoms with van der Waals surface area (Å²) in [5.74, 6) is 0.832. The molecule has 84 valence electrons. The maximum absolute atomic E-state index is 4.42. The number of aryl methyl sites for hydroxylation is 2. The molecule has 0 fully saturated rings. The molecule has 2 rings (SSSR count). The van der Waals surface area contributed by atoms with E-state index in [1.165, 1.54) is 11.8 Å². The van der Waals surface area contributed by atoms with Crippen molar-refractivity contribution in [3.05, 3.63) is 21.5 Å². The maximum atomic E-state index is 4.42. The molecule has 0 saturated heterocycles. The molecule has 0 bridgehead atoms. The monoisotopic (exact) mass is 316 g/mol. The van der Waals surface area contributed by atoms with Crippen LogP contribution < -0.4 is 0 Å². The summed E-state index contributed by atoms with van der Waals surface area (Å²) in [6.45, 7) is 3.97. The average Bonchev–Trinajstić information content (AvgIpc) is 2.63. The second-order valence-corrected chi connectivity index (χ2v) is 6.25. The van der Waals surface area contributed by atoms with Crippen molar-refractivity contribution >= 4 is 39.0 Å². The van der Waals surface area contributed by atoms with E-state index in [-0.39, 0.29) is 0 Å². The van der Waals surface area contributed by atoms with Crippen LogP contribution in [0.25, 0.3) is 0 Å². The van der Waals surface area contributed by atoms with Crippen molar-refractivity contribution in [1.29, 1.82) is 0 Å². The van der Waals surface area contributed by atoms with Gasteiger partial charge in [0.05, 0.1) is 0 Å². The van der Waals surface area contributed by atoms with Crippen molar-refractivity contribution in [3.63, 3.8) is 0 Å². The molecule has 7 heteroatoms. The fourth-order valence-corrected chi connectivity index (χ4v) is 3.42. The molecule has 0 atom stereocenters. The molecule has 0 aromatic carbocycles. The fourth-order valence-electron chi connectivity index (χ4n) is 1.06. The molecule has 0 aliphatic heterocycles. The van der Waals surface area contributed by atoms with Gasteiger partial charge in [0.1, 0.15) is 20.5 Å². The Morgan fingerprint density at radius 2 is 2.19 bits per heavy atom. The van der Waals surface area contributed by atoms with E-state index >= 15 is 0 Å². The Bertz CT molecular complexity index is 500. The lowest BCUT2D eigenvalue weighted by molar-refractivity contribution is 0.875. The SMILES string of the molecule is CCc1nc(Br)cc(Sc2nnc(C)s2)n1. The molecule has 2 aromatic heterocycles. The highest BCUT2D eigenvalue weighted by molar-refractivity contribution is 9.10. The summed E-state index contributed by atoms with van der Waals surface area (Å²) in [6.07, 6.45) is 0.822. The zero-order valence-corrected chi connectivity index (χ0v) is 12.0. The van der Waals surface area contributed by atoms with E-state index in [0.717, 1.165) is 31.2 Å². The topological polar surface area (TPSA) is 51.6 Å². The molecule has 0 spiro atoms. The fraction of sp³-hybridized carbons (Fsp3) is 0.333. The van der Waals surface area contributed by atoms with Gasteiger partial charge >= 0.3 is 0 Å². The van der Waals surface area contributed by atoms with Crippen molar-refractivity contribution in [3.8, 4) is 0 Å². The summed E-state index contributed by atoms with van der Waals surface area (Å²) in [5.41, 5.74) is 0. The van der Waals surface area contributed by atoms with Gasteiger partial charge in [-0.1, -0.05) is 18.3 Å². The highest BCUT2D eigenvalue weighted by atomic mass is 79.9. The minimum atomic E-state index is 0.808. The highest BCUT2D eigenvalue weighted by Crippen LogP contribution is 2.29. The molecule has 4 nitrogen and oxygen atoms in total. The summed E-state index contributed by atoms with van der Waals surface area (Å²) in [6, 6.07) is 1.89. The third-order valence-electron chi connectivity index (χ3n) is 1.73. The normalized spacial score (nSPS) is 10.7. The van der Waals surface area contributed by atoms with Crippen molar-refractivity contribution in [2.24, 2.45) is 0 Å². The molecule has 0 N–H and O–H groups in total. The first-order valence-electron chi connectivity index (χ1n) is 4.69. The molecule has 0 aliphatic rings. The Morgan fingerprint density at radius 3 is 2.81 bits per heavy atom. The van der Waals surface area contributed by atoms with E-state index in [2.05, 4.69) is 36.1 Å². The smallest absolute Gasteiger partial charge is 0.180 e. The summed E-state index contributed by atoms with van der Waals surface area (Å²) in [4.78, 5) is 8.68. The molecule has 0 radical (unpaired) electrons. The van der Waals surface area contributed by atoms with Crippen molar-refractivity contribution in [2.75, 3.05) is 0 Å². The van der Waals surface area contributed by atoms with Gasteiger partial charge in [0.15, 0.2) is 4.34 Å². The number of rotatable bonds is 3. The number of hydrogen-bond acceptors (Lipinski definition) is 6. The zero-order chi connectivity index (χ0) is 11.5. The lowest BCUT2D eigenvalue weighted by Crippen LogP contribution is -1.94. The van der Waals surface area contributed by atoms with E-state index in [1.54, 1.807) is 11.3 Å². The van der Waals surface area contributed by atoms with E-state index < -0.39 is 0 Å². The lowest BCUT2D eigenvalue weighted by Gasteiger charge is -2.00.